The van der Waals surface area contributed by atoms with Crippen molar-refractivity contribution < 1.29 is 9.72 Å². The summed E-state index contributed by atoms with van der Waals surface area (Å²) in [7, 11) is 0. The van der Waals surface area contributed by atoms with Gasteiger partial charge in [0, 0.05) is 5.21 Å². The number of nitro groups is 1. The average Bonchev–Trinajstić information content (AvgIpc) is 2.05. The molecule has 1 amide bonds. The van der Waals surface area contributed by atoms with Gasteiger partial charge in [-0.25, -0.2) is 0 Å². The molecule has 62 valence electrons. The van der Waals surface area contributed by atoms with E-state index in [4.69, 9.17) is 0 Å². The van der Waals surface area contributed by atoms with Crippen molar-refractivity contribution in [3.63, 3.8) is 0 Å². The van der Waals surface area contributed by atoms with E-state index in [1.165, 1.54) is 0 Å². The third-order valence-electron chi connectivity index (χ3n) is 0.905. The molecule has 0 fully saturated rings. The van der Waals surface area contributed by atoms with Crippen LogP contribution in [-0.4, -0.2) is 32.0 Å². The summed E-state index contributed by atoms with van der Waals surface area (Å²) in [6.07, 6.45) is 0.235. The maximum Gasteiger partial charge on any atom is 0.437 e. The maximum atomic E-state index is 10.2. The van der Waals surface area contributed by atoms with Crippen LogP contribution >= 0.6 is 0 Å². The lowest BCUT2D eigenvalue weighted by Gasteiger charge is -1.93. The SMILES string of the molecule is O=CNc1nnnnc1[N+](=O)[O-]. The number of hydrogen-bond donors (Lipinski definition) is 1. The summed E-state index contributed by atoms with van der Waals surface area (Å²) in [6.45, 7) is 0. The molecule has 0 saturated carbocycles. The Labute approximate surface area is 64.9 Å². The van der Waals surface area contributed by atoms with Crippen LogP contribution in [0, 0.1) is 10.1 Å². The molecule has 0 aliphatic rings. The smallest absolute Gasteiger partial charge is 0.358 e. The topological polar surface area (TPSA) is 124 Å². The lowest BCUT2D eigenvalue weighted by molar-refractivity contribution is -0.389. The molecule has 0 aliphatic carbocycles. The van der Waals surface area contributed by atoms with Crippen LogP contribution in [-0.2, 0) is 4.79 Å². The van der Waals surface area contributed by atoms with Gasteiger partial charge < -0.3 is 15.4 Å². The van der Waals surface area contributed by atoms with Gasteiger partial charge in [0.1, 0.15) is 5.10 Å². The zero-order valence-corrected chi connectivity index (χ0v) is 5.54. The first-order valence-corrected chi connectivity index (χ1v) is 2.66. The van der Waals surface area contributed by atoms with Crippen molar-refractivity contribution in [3.8, 4) is 0 Å². The molecule has 0 radical (unpaired) electrons. The molecule has 1 aromatic rings. The van der Waals surface area contributed by atoms with Gasteiger partial charge in [-0.1, -0.05) is 5.10 Å². The van der Waals surface area contributed by atoms with Gasteiger partial charge in [0.2, 0.25) is 6.41 Å². The minimum Gasteiger partial charge on any atom is -0.358 e. The molecule has 1 aromatic heterocycles. The van der Waals surface area contributed by atoms with Crippen LogP contribution in [0.4, 0.5) is 11.6 Å². The van der Waals surface area contributed by atoms with Crippen LogP contribution < -0.4 is 5.32 Å². The fraction of sp³-hybridized carbons (Fsp3) is 0. The lowest BCUT2D eigenvalue weighted by Crippen LogP contribution is -2.06. The van der Waals surface area contributed by atoms with Crippen LogP contribution in [0.2, 0.25) is 0 Å². The van der Waals surface area contributed by atoms with E-state index in [1.807, 2.05) is 5.32 Å². The Hall–Kier alpha value is -2.19. The van der Waals surface area contributed by atoms with Crippen molar-refractivity contribution in [1.29, 1.82) is 0 Å². The van der Waals surface area contributed by atoms with E-state index >= 15 is 0 Å². The lowest BCUT2D eigenvalue weighted by atomic mass is 10.6. The predicted octanol–water partition coefficient (Wildman–Crippen LogP) is -1.26. The molecule has 0 atom stereocenters. The fourth-order valence-corrected chi connectivity index (χ4v) is 0.491. The highest BCUT2D eigenvalue weighted by molar-refractivity contribution is 5.72. The zero-order valence-electron chi connectivity index (χ0n) is 5.54. The number of carbonyl (C=O) groups excluding carboxylic acids is 1. The first-order chi connectivity index (χ1) is 5.75. The molecule has 1 heterocycles. The van der Waals surface area contributed by atoms with Gasteiger partial charge in [0.25, 0.3) is 5.82 Å². The highest BCUT2D eigenvalue weighted by Crippen LogP contribution is 2.13. The second kappa shape index (κ2) is 3.27. The largest absolute Gasteiger partial charge is 0.437 e. The number of anilines is 1. The third kappa shape index (κ3) is 1.45. The molecular formula is C3H2N6O3. The van der Waals surface area contributed by atoms with Gasteiger partial charge in [-0.05, 0) is 4.92 Å². The van der Waals surface area contributed by atoms with Crippen molar-refractivity contribution in [2.75, 3.05) is 5.32 Å². The van der Waals surface area contributed by atoms with Crippen molar-refractivity contribution in [2.24, 2.45) is 0 Å². The molecule has 1 N–H and O–H groups in total. The van der Waals surface area contributed by atoms with Gasteiger partial charge in [0.05, 0.1) is 5.21 Å². The highest BCUT2D eigenvalue weighted by Gasteiger charge is 2.17. The van der Waals surface area contributed by atoms with E-state index in [1.54, 1.807) is 0 Å². The third-order valence-corrected chi connectivity index (χ3v) is 0.905. The van der Waals surface area contributed by atoms with Gasteiger partial charge in [-0.3, -0.25) is 4.79 Å². The minimum atomic E-state index is -0.826. The van der Waals surface area contributed by atoms with E-state index in [-0.39, 0.29) is 12.2 Å². The summed E-state index contributed by atoms with van der Waals surface area (Å²) in [5, 5.41) is 24.3. The number of nitrogens with one attached hydrogen (secondary N) is 1. The summed E-state index contributed by atoms with van der Waals surface area (Å²) in [5.74, 6) is -0.970. The number of aromatic nitrogens is 4. The molecular weight excluding hydrogens is 168 g/mol. The van der Waals surface area contributed by atoms with E-state index in [0.717, 1.165) is 0 Å². The average molecular weight is 170 g/mol. The minimum absolute atomic E-state index is 0.235. The Balaban J connectivity index is 3.07. The summed E-state index contributed by atoms with van der Waals surface area (Å²) < 4.78 is 0. The first kappa shape index (κ1) is 7.91. The van der Waals surface area contributed by atoms with Crippen LogP contribution in [0.3, 0.4) is 0 Å². The predicted molar refractivity (Wildman–Crippen MR) is 34.0 cm³/mol. The second-order valence-corrected chi connectivity index (χ2v) is 1.57. The van der Waals surface area contributed by atoms with E-state index in [2.05, 4.69) is 20.6 Å². The zero-order chi connectivity index (χ0) is 8.97. The van der Waals surface area contributed by atoms with Crippen molar-refractivity contribution >= 4 is 18.0 Å². The van der Waals surface area contributed by atoms with Gasteiger partial charge in [0.15, 0.2) is 0 Å². The molecule has 1 rings (SSSR count). The van der Waals surface area contributed by atoms with Crippen LogP contribution in [0.25, 0.3) is 0 Å². The Morgan fingerprint density at radius 3 is 2.67 bits per heavy atom. The standard InChI is InChI=1S/C3H2N6O3/c10-1-4-2-3(9(11)12)6-8-7-5-2/h1H,(H,4,5,8,10). The Morgan fingerprint density at radius 2 is 2.08 bits per heavy atom. The van der Waals surface area contributed by atoms with Crippen molar-refractivity contribution in [3.05, 3.63) is 10.1 Å². The Morgan fingerprint density at radius 1 is 1.42 bits per heavy atom. The van der Waals surface area contributed by atoms with Crippen LogP contribution in [0.15, 0.2) is 0 Å². The first-order valence-electron chi connectivity index (χ1n) is 2.66. The summed E-state index contributed by atoms with van der Waals surface area (Å²) in [4.78, 5) is 19.2. The molecule has 0 aromatic carbocycles. The van der Waals surface area contributed by atoms with Gasteiger partial charge in [-0.2, -0.15) is 0 Å². The number of carbonyl (C=O) groups is 1. The normalized spacial score (nSPS) is 9.00. The van der Waals surface area contributed by atoms with Gasteiger partial charge in [-0.15, -0.1) is 0 Å². The highest BCUT2D eigenvalue weighted by atomic mass is 16.6. The van der Waals surface area contributed by atoms with E-state index < -0.39 is 10.7 Å². The molecule has 9 heteroatoms. The molecule has 0 unspecified atom stereocenters. The maximum absolute atomic E-state index is 10.2. The van der Waals surface area contributed by atoms with Crippen molar-refractivity contribution in [1.82, 2.24) is 20.6 Å². The second-order valence-electron chi connectivity index (χ2n) is 1.57. The molecule has 0 aliphatic heterocycles. The monoisotopic (exact) mass is 170 g/mol. The number of rotatable bonds is 3. The van der Waals surface area contributed by atoms with Crippen LogP contribution in [0.1, 0.15) is 0 Å². The van der Waals surface area contributed by atoms with E-state index in [9.17, 15) is 14.9 Å². The molecule has 0 saturated heterocycles. The Bertz CT molecular complexity index is 313. The summed E-state index contributed by atoms with van der Waals surface area (Å²) in [6, 6.07) is 0. The molecule has 0 bridgehead atoms. The van der Waals surface area contributed by atoms with Crippen molar-refractivity contribution in [2.45, 2.75) is 0 Å². The molecule has 9 nitrogen and oxygen atoms in total. The molecule has 12 heavy (non-hydrogen) atoms. The van der Waals surface area contributed by atoms with Crippen LogP contribution in [0.5, 0.6) is 0 Å². The fourth-order valence-electron chi connectivity index (χ4n) is 0.491. The molecule has 0 spiro atoms. The number of hydrogen-bond acceptors (Lipinski definition) is 7. The van der Waals surface area contributed by atoms with Gasteiger partial charge >= 0.3 is 5.82 Å². The quantitative estimate of drug-likeness (QED) is 0.341. The number of nitrogens with zero attached hydrogens (tertiary/aromatic N) is 5. The summed E-state index contributed by atoms with van der Waals surface area (Å²) >= 11 is 0. The summed E-state index contributed by atoms with van der Waals surface area (Å²) in [5.41, 5.74) is 0. The Kier molecular flexibility index (Phi) is 2.16. The number of amides is 1. The van der Waals surface area contributed by atoms with E-state index in [0.29, 0.717) is 0 Å².